The van der Waals surface area contributed by atoms with Crippen LogP contribution in [0.15, 0.2) is 16.7 Å². The topological polar surface area (TPSA) is 41.6 Å². The molecule has 2 aromatic rings. The van der Waals surface area contributed by atoms with Crippen molar-refractivity contribution in [2.24, 2.45) is 0 Å². The number of fused-ring (bicyclic) bond motifs is 1. The lowest BCUT2D eigenvalue weighted by Gasteiger charge is -1.89. The molecule has 0 saturated heterocycles. The highest BCUT2D eigenvalue weighted by molar-refractivity contribution is 9.10. The summed E-state index contributed by atoms with van der Waals surface area (Å²) in [7, 11) is 0. The van der Waals surface area contributed by atoms with Crippen molar-refractivity contribution < 1.29 is 0 Å². The van der Waals surface area contributed by atoms with Gasteiger partial charge in [0.25, 0.3) is 0 Å². The molecule has 56 valence electrons. The molecule has 2 rings (SSSR count). The van der Waals surface area contributed by atoms with E-state index in [9.17, 15) is 0 Å². The zero-order valence-corrected chi connectivity index (χ0v) is 7.51. The minimum atomic E-state index is 0.819. The maximum atomic E-state index is 4.25. The van der Waals surface area contributed by atoms with E-state index in [0.717, 1.165) is 21.3 Å². The summed E-state index contributed by atoms with van der Waals surface area (Å²) in [5.74, 6) is 0. The van der Waals surface area contributed by atoms with E-state index in [1.165, 1.54) is 0 Å². The summed E-state index contributed by atoms with van der Waals surface area (Å²) in [6.07, 6.45) is 0. The Morgan fingerprint density at radius 3 is 3.09 bits per heavy atom. The zero-order chi connectivity index (χ0) is 7.84. The maximum absolute atomic E-state index is 4.25. The first kappa shape index (κ1) is 6.79. The molecule has 0 bridgehead atoms. The molecule has 11 heavy (non-hydrogen) atoms. The predicted octanol–water partition coefficient (Wildman–Crippen LogP) is 2.03. The molecule has 4 heteroatoms. The largest absolute Gasteiger partial charge is 0.260 e. The number of aromatic nitrogens is 3. The van der Waals surface area contributed by atoms with Crippen molar-refractivity contribution in [3.63, 3.8) is 0 Å². The molecule has 0 unspecified atom stereocenters. The Bertz CT molecular complexity index is 393. The molecule has 0 aromatic carbocycles. The number of aryl methyl sites for hydroxylation is 1. The monoisotopic (exact) mass is 211 g/mol. The summed E-state index contributed by atoms with van der Waals surface area (Å²) in [6, 6.07) is 3.95. The van der Waals surface area contributed by atoms with Gasteiger partial charge in [-0.05, 0) is 35.0 Å². The second kappa shape index (κ2) is 2.30. The minimum absolute atomic E-state index is 0.819. The molecule has 2 heterocycles. The van der Waals surface area contributed by atoms with Crippen LogP contribution in [0, 0.1) is 6.92 Å². The van der Waals surface area contributed by atoms with E-state index in [4.69, 9.17) is 0 Å². The van der Waals surface area contributed by atoms with E-state index < -0.39 is 0 Å². The van der Waals surface area contributed by atoms with Crippen molar-refractivity contribution in [3.05, 3.63) is 22.4 Å². The highest BCUT2D eigenvalue weighted by atomic mass is 79.9. The van der Waals surface area contributed by atoms with Crippen molar-refractivity contribution in [2.45, 2.75) is 6.92 Å². The maximum Gasteiger partial charge on any atom is 0.156 e. The van der Waals surface area contributed by atoms with Crippen molar-refractivity contribution >= 4 is 27.0 Å². The van der Waals surface area contributed by atoms with Crippen LogP contribution in [0.4, 0.5) is 0 Å². The molecule has 0 aliphatic rings. The Balaban J connectivity index is 2.86. The van der Waals surface area contributed by atoms with E-state index in [2.05, 4.69) is 31.1 Å². The van der Waals surface area contributed by atoms with Crippen LogP contribution in [0.2, 0.25) is 0 Å². The van der Waals surface area contributed by atoms with Crippen LogP contribution in [0.5, 0.6) is 0 Å². The summed E-state index contributed by atoms with van der Waals surface area (Å²) < 4.78 is 0.819. The molecule has 0 amide bonds. The molecular weight excluding hydrogens is 206 g/mol. The zero-order valence-electron chi connectivity index (χ0n) is 5.93. The van der Waals surface area contributed by atoms with Gasteiger partial charge in [-0.3, -0.25) is 5.10 Å². The van der Waals surface area contributed by atoms with E-state index in [-0.39, 0.29) is 0 Å². The normalized spacial score (nSPS) is 10.7. The highest BCUT2D eigenvalue weighted by Gasteiger charge is 2.01. The predicted molar refractivity (Wildman–Crippen MR) is 46.3 cm³/mol. The van der Waals surface area contributed by atoms with Gasteiger partial charge in [-0.15, -0.1) is 0 Å². The Morgan fingerprint density at radius 1 is 1.45 bits per heavy atom. The van der Waals surface area contributed by atoms with Crippen LogP contribution in [0.25, 0.3) is 11.0 Å². The van der Waals surface area contributed by atoms with Gasteiger partial charge in [-0.25, -0.2) is 4.98 Å². The summed E-state index contributed by atoms with van der Waals surface area (Å²) in [4.78, 5) is 4.25. The van der Waals surface area contributed by atoms with Crippen LogP contribution in [-0.2, 0) is 0 Å². The molecule has 3 nitrogen and oxygen atoms in total. The second-order valence-corrected chi connectivity index (χ2v) is 3.11. The molecule has 0 aliphatic carbocycles. The molecule has 1 N–H and O–H groups in total. The molecule has 0 saturated carbocycles. The molecule has 0 spiro atoms. The van der Waals surface area contributed by atoms with Gasteiger partial charge in [-0.1, -0.05) is 0 Å². The van der Waals surface area contributed by atoms with Gasteiger partial charge in [0, 0.05) is 5.69 Å². The second-order valence-electron chi connectivity index (χ2n) is 2.36. The number of nitrogens with one attached hydrogen (secondary N) is 1. The number of rotatable bonds is 0. The third-order valence-corrected chi connectivity index (χ3v) is 2.12. The summed E-state index contributed by atoms with van der Waals surface area (Å²) in [6.45, 7) is 1.95. The number of aromatic amines is 1. The average Bonchev–Trinajstić information content (AvgIpc) is 2.32. The quantitative estimate of drug-likeness (QED) is 0.725. The Labute approximate surface area is 72.0 Å². The fraction of sp³-hybridized carbons (Fsp3) is 0.143. The van der Waals surface area contributed by atoms with Gasteiger partial charge in [0.2, 0.25) is 0 Å². The lowest BCUT2D eigenvalue weighted by Crippen LogP contribution is -1.79. The van der Waals surface area contributed by atoms with E-state index in [1.807, 2.05) is 19.1 Å². The number of nitrogens with zero attached hydrogens (tertiary/aromatic N) is 2. The minimum Gasteiger partial charge on any atom is -0.260 e. The smallest absolute Gasteiger partial charge is 0.156 e. The number of pyridine rings is 1. The van der Waals surface area contributed by atoms with Crippen LogP contribution in [-0.4, -0.2) is 15.2 Å². The SMILES string of the molecule is Cc1ccc2c(Br)n[nH]c2n1. The third kappa shape index (κ3) is 1.03. The van der Waals surface area contributed by atoms with Gasteiger partial charge in [0.1, 0.15) is 4.60 Å². The van der Waals surface area contributed by atoms with Crippen molar-refractivity contribution in [1.29, 1.82) is 0 Å². The van der Waals surface area contributed by atoms with Crippen LogP contribution in [0.1, 0.15) is 5.69 Å². The molecule has 2 aromatic heterocycles. The van der Waals surface area contributed by atoms with Gasteiger partial charge in [-0.2, -0.15) is 5.10 Å². The fourth-order valence-corrected chi connectivity index (χ4v) is 1.38. The first-order chi connectivity index (χ1) is 5.27. The van der Waals surface area contributed by atoms with Gasteiger partial charge < -0.3 is 0 Å². The number of halogens is 1. The summed E-state index contributed by atoms with van der Waals surface area (Å²) >= 11 is 3.31. The highest BCUT2D eigenvalue weighted by Crippen LogP contribution is 2.18. The van der Waals surface area contributed by atoms with E-state index in [1.54, 1.807) is 0 Å². The van der Waals surface area contributed by atoms with Crippen molar-refractivity contribution in [3.8, 4) is 0 Å². The first-order valence-corrected chi connectivity index (χ1v) is 4.04. The lowest BCUT2D eigenvalue weighted by atomic mass is 10.3. The molecule has 0 atom stereocenters. The fourth-order valence-electron chi connectivity index (χ4n) is 0.971. The Morgan fingerprint density at radius 2 is 2.27 bits per heavy atom. The molecule has 0 fully saturated rings. The van der Waals surface area contributed by atoms with Crippen molar-refractivity contribution in [2.75, 3.05) is 0 Å². The first-order valence-electron chi connectivity index (χ1n) is 3.24. The van der Waals surface area contributed by atoms with Crippen LogP contribution >= 0.6 is 15.9 Å². The average molecular weight is 212 g/mol. The van der Waals surface area contributed by atoms with Crippen LogP contribution in [0.3, 0.4) is 0 Å². The van der Waals surface area contributed by atoms with Gasteiger partial charge >= 0.3 is 0 Å². The third-order valence-electron chi connectivity index (χ3n) is 1.52. The summed E-state index contributed by atoms with van der Waals surface area (Å²) in [5, 5.41) is 7.81. The van der Waals surface area contributed by atoms with Gasteiger partial charge in [0.05, 0.1) is 5.39 Å². The number of hydrogen-bond acceptors (Lipinski definition) is 2. The van der Waals surface area contributed by atoms with Crippen molar-refractivity contribution in [1.82, 2.24) is 15.2 Å². The van der Waals surface area contributed by atoms with E-state index >= 15 is 0 Å². The summed E-state index contributed by atoms with van der Waals surface area (Å²) in [5.41, 5.74) is 1.82. The molecule has 0 aliphatic heterocycles. The number of hydrogen-bond donors (Lipinski definition) is 1. The van der Waals surface area contributed by atoms with E-state index in [0.29, 0.717) is 0 Å². The lowest BCUT2D eigenvalue weighted by molar-refractivity contribution is 1.07. The standard InChI is InChI=1S/C7H6BrN3/c1-4-2-3-5-6(8)10-11-7(5)9-4/h2-3H,1H3,(H,9,10,11). The number of H-pyrrole nitrogens is 1. The van der Waals surface area contributed by atoms with Crippen LogP contribution < -0.4 is 0 Å². The Kier molecular flexibility index (Phi) is 1.42. The molecular formula is C7H6BrN3. The van der Waals surface area contributed by atoms with Gasteiger partial charge in [0.15, 0.2) is 5.65 Å². The molecule has 0 radical (unpaired) electrons. The Hall–Kier alpha value is -0.900.